The molecule has 1 saturated heterocycles. The molecular weight excluding hydrogens is 162 g/mol. The topological polar surface area (TPSA) is 9.23 Å². The fourth-order valence-corrected chi connectivity index (χ4v) is 2.31. The van der Waals surface area contributed by atoms with Gasteiger partial charge in [-0.3, -0.25) is 0 Å². The molecule has 2 atom stereocenters. The van der Waals surface area contributed by atoms with Crippen LogP contribution in [0.5, 0.6) is 0 Å². The lowest BCUT2D eigenvalue weighted by Crippen LogP contribution is -2.60. The number of hydrogen-bond donors (Lipinski definition) is 0. The summed E-state index contributed by atoms with van der Waals surface area (Å²) < 4.78 is 6.79. The highest BCUT2D eigenvalue weighted by Crippen LogP contribution is 2.19. The van der Waals surface area contributed by atoms with Gasteiger partial charge in [-0.2, -0.15) is 0 Å². The van der Waals surface area contributed by atoms with Crippen LogP contribution in [0.3, 0.4) is 0 Å². The van der Waals surface area contributed by atoms with E-state index in [1.807, 2.05) is 0 Å². The van der Waals surface area contributed by atoms with Gasteiger partial charge in [0.15, 0.2) is 0 Å². The first-order valence-corrected chi connectivity index (χ1v) is 5.68. The zero-order valence-corrected chi connectivity index (χ0v) is 9.38. The Morgan fingerprint density at radius 1 is 1.38 bits per heavy atom. The van der Waals surface area contributed by atoms with Crippen molar-refractivity contribution in [3.8, 4) is 0 Å². The lowest BCUT2D eigenvalue weighted by atomic mass is 10.1. The Balaban J connectivity index is 2.53. The van der Waals surface area contributed by atoms with Gasteiger partial charge < -0.3 is 9.22 Å². The molecule has 78 valence electrons. The summed E-state index contributed by atoms with van der Waals surface area (Å²) in [7, 11) is 0. The molecule has 2 unspecified atom stereocenters. The van der Waals surface area contributed by atoms with Crippen molar-refractivity contribution in [1.29, 1.82) is 0 Å². The Labute approximate surface area is 82.5 Å². The first kappa shape index (κ1) is 11.0. The van der Waals surface area contributed by atoms with E-state index in [0.29, 0.717) is 6.04 Å². The van der Waals surface area contributed by atoms with Gasteiger partial charge in [-0.15, -0.1) is 0 Å². The number of rotatable bonds is 4. The molecule has 13 heavy (non-hydrogen) atoms. The van der Waals surface area contributed by atoms with Gasteiger partial charge in [-0.1, -0.05) is 13.3 Å². The number of ether oxygens (including phenoxy) is 1. The highest BCUT2D eigenvalue weighted by Gasteiger charge is 2.34. The van der Waals surface area contributed by atoms with Gasteiger partial charge in [-0.25, -0.2) is 0 Å². The van der Waals surface area contributed by atoms with Crippen molar-refractivity contribution in [3.63, 3.8) is 0 Å². The molecule has 1 heterocycles. The molecule has 0 radical (unpaired) electrons. The minimum absolute atomic E-state index is 0.699. The summed E-state index contributed by atoms with van der Waals surface area (Å²) in [5.74, 6) is 0. The molecule has 0 aromatic heterocycles. The van der Waals surface area contributed by atoms with Crippen LogP contribution in [0.4, 0.5) is 0 Å². The van der Waals surface area contributed by atoms with Crippen molar-refractivity contribution in [1.82, 2.24) is 0 Å². The molecule has 2 heteroatoms. The first-order chi connectivity index (χ1) is 6.25. The van der Waals surface area contributed by atoms with Gasteiger partial charge >= 0.3 is 0 Å². The van der Waals surface area contributed by atoms with Gasteiger partial charge in [0, 0.05) is 0 Å². The van der Waals surface area contributed by atoms with Crippen molar-refractivity contribution in [2.24, 2.45) is 0 Å². The molecule has 0 aromatic rings. The van der Waals surface area contributed by atoms with Crippen molar-refractivity contribution in [2.45, 2.75) is 39.7 Å². The third-order valence-electron chi connectivity index (χ3n) is 3.56. The average molecular weight is 186 g/mol. The maximum Gasteiger partial charge on any atom is 0.110 e. The molecule has 1 rings (SSSR count). The van der Waals surface area contributed by atoms with E-state index < -0.39 is 0 Å². The van der Waals surface area contributed by atoms with Gasteiger partial charge in [0.25, 0.3) is 0 Å². The highest BCUT2D eigenvalue weighted by atomic mass is 16.5. The van der Waals surface area contributed by atoms with Gasteiger partial charge in [0.1, 0.15) is 12.6 Å². The summed E-state index contributed by atoms with van der Waals surface area (Å²) >= 11 is 0. The molecule has 1 aliphatic heterocycles. The predicted molar refractivity (Wildman–Crippen MR) is 55.7 cm³/mol. The number of unbranched alkanes of at least 4 members (excludes halogenated alkanes) is 1. The van der Waals surface area contributed by atoms with E-state index in [1.165, 1.54) is 37.0 Å². The number of nitrogens with zero attached hydrogens (tertiary/aromatic N) is 1. The number of morpholine rings is 1. The van der Waals surface area contributed by atoms with Crippen molar-refractivity contribution >= 4 is 0 Å². The zero-order valence-electron chi connectivity index (χ0n) is 9.38. The van der Waals surface area contributed by atoms with Crippen LogP contribution in [0.1, 0.15) is 33.6 Å². The van der Waals surface area contributed by atoms with Crippen LogP contribution in [0.25, 0.3) is 0 Å². The first-order valence-electron chi connectivity index (χ1n) is 5.68. The molecule has 1 fully saturated rings. The molecule has 0 aromatic carbocycles. The Kier molecular flexibility index (Phi) is 4.20. The summed E-state index contributed by atoms with van der Waals surface area (Å²) in [5.41, 5.74) is 0. The summed E-state index contributed by atoms with van der Waals surface area (Å²) in [5, 5.41) is 0. The van der Waals surface area contributed by atoms with Gasteiger partial charge in [0.05, 0.1) is 26.3 Å². The maximum absolute atomic E-state index is 5.50. The van der Waals surface area contributed by atoms with Crippen molar-refractivity contribution in [2.75, 3.05) is 32.8 Å². The quantitative estimate of drug-likeness (QED) is 0.611. The third kappa shape index (κ3) is 2.44. The van der Waals surface area contributed by atoms with Crippen LogP contribution in [0.2, 0.25) is 0 Å². The van der Waals surface area contributed by atoms with E-state index in [1.54, 1.807) is 0 Å². The van der Waals surface area contributed by atoms with E-state index in [0.717, 1.165) is 13.2 Å². The van der Waals surface area contributed by atoms with E-state index >= 15 is 0 Å². The number of quaternary nitrogens is 1. The Morgan fingerprint density at radius 2 is 2.15 bits per heavy atom. The summed E-state index contributed by atoms with van der Waals surface area (Å²) in [6.07, 6.45) is 2.67. The third-order valence-corrected chi connectivity index (χ3v) is 3.56. The fraction of sp³-hybridized carbons (Fsp3) is 1.00. The molecule has 2 nitrogen and oxygen atoms in total. The maximum atomic E-state index is 5.50. The molecular formula is C11H24NO+. The largest absolute Gasteiger partial charge is 0.369 e. The lowest BCUT2D eigenvalue weighted by Gasteiger charge is -2.45. The zero-order chi connectivity index (χ0) is 9.73. The summed E-state index contributed by atoms with van der Waals surface area (Å²) in [6.45, 7) is 12.7. The van der Waals surface area contributed by atoms with Crippen LogP contribution in [0.15, 0.2) is 0 Å². The van der Waals surface area contributed by atoms with Gasteiger partial charge in [-0.05, 0) is 20.3 Å². The van der Waals surface area contributed by atoms with E-state index in [4.69, 9.17) is 4.74 Å². The lowest BCUT2D eigenvalue weighted by molar-refractivity contribution is -0.955. The minimum atomic E-state index is 0.699. The molecule has 0 N–H and O–H groups in total. The van der Waals surface area contributed by atoms with Crippen molar-refractivity contribution in [3.05, 3.63) is 0 Å². The fourth-order valence-electron chi connectivity index (χ4n) is 2.31. The summed E-state index contributed by atoms with van der Waals surface area (Å²) in [6, 6.07) is 0.699. The monoisotopic (exact) mass is 186 g/mol. The molecule has 0 bridgehead atoms. The molecule has 0 aliphatic carbocycles. The second-order valence-corrected chi connectivity index (χ2v) is 4.26. The number of hydrogen-bond acceptors (Lipinski definition) is 1. The standard InChI is InChI=1S/C11H24NO/c1-4-6-7-12(5-2)8-9-13-10-11(12)3/h11H,4-10H2,1-3H3/q+1. The molecule has 0 saturated carbocycles. The Hall–Kier alpha value is -0.0800. The van der Waals surface area contributed by atoms with E-state index in [2.05, 4.69) is 20.8 Å². The number of likely N-dealkylation sites (N-methyl/N-ethyl adjacent to an activating group) is 1. The SMILES string of the molecule is CCCC[N+]1(CC)CCOCC1C. The molecule has 0 amide bonds. The second-order valence-electron chi connectivity index (χ2n) is 4.26. The Bertz CT molecular complexity index is 149. The second kappa shape index (κ2) is 4.97. The molecule has 1 aliphatic rings. The van der Waals surface area contributed by atoms with Gasteiger partial charge in [0.2, 0.25) is 0 Å². The van der Waals surface area contributed by atoms with Crippen LogP contribution >= 0.6 is 0 Å². The predicted octanol–water partition coefficient (Wildman–Crippen LogP) is 2.04. The smallest absolute Gasteiger partial charge is 0.110 e. The normalized spacial score (nSPS) is 34.8. The van der Waals surface area contributed by atoms with Crippen LogP contribution in [-0.4, -0.2) is 43.4 Å². The Morgan fingerprint density at radius 3 is 2.69 bits per heavy atom. The van der Waals surface area contributed by atoms with Crippen LogP contribution in [0, 0.1) is 0 Å². The highest BCUT2D eigenvalue weighted by molar-refractivity contribution is 4.58. The van der Waals surface area contributed by atoms with E-state index in [9.17, 15) is 0 Å². The minimum Gasteiger partial charge on any atom is -0.369 e. The molecule has 0 spiro atoms. The van der Waals surface area contributed by atoms with Crippen molar-refractivity contribution < 1.29 is 9.22 Å². The average Bonchev–Trinajstić information content (AvgIpc) is 2.17. The van der Waals surface area contributed by atoms with Crippen LogP contribution < -0.4 is 0 Å². The summed E-state index contributed by atoms with van der Waals surface area (Å²) in [4.78, 5) is 0. The van der Waals surface area contributed by atoms with Crippen LogP contribution in [-0.2, 0) is 4.74 Å². The van der Waals surface area contributed by atoms with E-state index in [-0.39, 0.29) is 0 Å².